The van der Waals surface area contributed by atoms with Gasteiger partial charge in [-0.15, -0.1) is 0 Å². The molecule has 9 heteroatoms. The second kappa shape index (κ2) is 9.12. The van der Waals surface area contributed by atoms with E-state index >= 15 is 0 Å². The summed E-state index contributed by atoms with van der Waals surface area (Å²) in [4.78, 5) is 16.1. The number of aromatic nitrogens is 1. The van der Waals surface area contributed by atoms with Gasteiger partial charge in [-0.1, -0.05) is 12.1 Å². The number of hydrogen-bond donors (Lipinski definition) is 2. The number of rotatable bonds is 6. The monoisotopic (exact) mass is 438 g/mol. The van der Waals surface area contributed by atoms with Crippen molar-refractivity contribution in [3.8, 4) is 6.07 Å². The van der Waals surface area contributed by atoms with Crippen LogP contribution in [0.1, 0.15) is 27.0 Å². The van der Waals surface area contributed by atoms with Gasteiger partial charge in [0.25, 0.3) is 0 Å². The normalized spacial score (nSPS) is 12.6. The van der Waals surface area contributed by atoms with Crippen molar-refractivity contribution in [1.82, 2.24) is 4.98 Å². The second-order valence-electron chi connectivity index (χ2n) is 6.87. The number of anilines is 1. The largest absolute Gasteiger partial charge is 0.465 e. The zero-order chi connectivity index (χ0) is 22.6. The highest BCUT2D eigenvalue weighted by Gasteiger charge is 2.12. The fourth-order valence-electron chi connectivity index (χ4n) is 3.01. The molecule has 8 nitrogen and oxygen atoms in total. The summed E-state index contributed by atoms with van der Waals surface area (Å²) < 4.78 is 31.2. The number of ether oxygens (including phenoxy) is 1. The van der Waals surface area contributed by atoms with Crippen molar-refractivity contribution in [2.24, 2.45) is 4.36 Å². The molecule has 0 saturated carbocycles. The Kier molecular flexibility index (Phi) is 6.53. The van der Waals surface area contributed by atoms with Gasteiger partial charge in [-0.2, -0.15) is 5.26 Å². The number of hydrogen-bond acceptors (Lipinski definition) is 7. The first-order valence-electron chi connectivity index (χ1n) is 9.45. The van der Waals surface area contributed by atoms with Crippen LogP contribution in [0.2, 0.25) is 0 Å². The van der Waals surface area contributed by atoms with Crippen molar-refractivity contribution in [3.05, 3.63) is 64.7 Å². The molecule has 1 unspecified atom stereocenters. The molecule has 1 atom stereocenters. The van der Waals surface area contributed by atoms with Gasteiger partial charge < -0.3 is 10.1 Å². The van der Waals surface area contributed by atoms with Gasteiger partial charge >= 0.3 is 5.97 Å². The number of aryl methyl sites for hydroxylation is 2. The molecule has 0 radical (unpaired) electrons. The average Bonchev–Trinajstić information content (AvgIpc) is 2.78. The van der Waals surface area contributed by atoms with Crippen LogP contribution in [-0.2, 0) is 14.7 Å². The van der Waals surface area contributed by atoms with Crippen molar-refractivity contribution in [2.75, 3.05) is 25.5 Å². The van der Waals surface area contributed by atoms with Crippen LogP contribution in [-0.4, -0.2) is 39.9 Å². The molecule has 0 fully saturated rings. The van der Waals surface area contributed by atoms with E-state index in [0.29, 0.717) is 11.4 Å². The lowest BCUT2D eigenvalue weighted by Gasteiger charge is -2.11. The summed E-state index contributed by atoms with van der Waals surface area (Å²) in [6, 6.07) is 13.4. The van der Waals surface area contributed by atoms with Crippen molar-refractivity contribution in [1.29, 1.82) is 5.26 Å². The highest BCUT2D eigenvalue weighted by Crippen LogP contribution is 2.24. The molecule has 0 aliphatic heterocycles. The molecule has 2 aromatic carbocycles. The summed E-state index contributed by atoms with van der Waals surface area (Å²) in [5, 5.41) is 13.4. The van der Waals surface area contributed by atoms with Gasteiger partial charge in [-0.25, -0.2) is 18.4 Å². The molecule has 3 aromatic rings. The van der Waals surface area contributed by atoms with Crippen LogP contribution in [0.15, 0.2) is 51.7 Å². The summed E-state index contributed by atoms with van der Waals surface area (Å²) in [6.45, 7) is 4.21. The molecule has 1 heterocycles. The van der Waals surface area contributed by atoms with E-state index in [-0.39, 0.29) is 23.5 Å². The molecular weight excluding hydrogens is 416 g/mol. The summed E-state index contributed by atoms with van der Waals surface area (Å²) in [5.41, 5.74) is 3.60. The quantitative estimate of drug-likeness (QED) is 0.441. The van der Waals surface area contributed by atoms with Crippen molar-refractivity contribution < 1.29 is 18.3 Å². The van der Waals surface area contributed by atoms with Crippen molar-refractivity contribution in [2.45, 2.75) is 18.7 Å². The van der Waals surface area contributed by atoms with E-state index in [1.54, 1.807) is 6.07 Å². The number of benzene rings is 2. The maximum absolute atomic E-state index is 12.5. The highest BCUT2D eigenvalue weighted by molar-refractivity contribution is 7.88. The van der Waals surface area contributed by atoms with Crippen LogP contribution in [0.4, 0.5) is 5.82 Å². The zero-order valence-corrected chi connectivity index (χ0v) is 18.2. The van der Waals surface area contributed by atoms with Gasteiger partial charge in [0.15, 0.2) is 10.0 Å². The Balaban J connectivity index is 1.76. The third-order valence-electron chi connectivity index (χ3n) is 4.89. The average molecular weight is 439 g/mol. The number of pyridine rings is 1. The maximum Gasteiger partial charge on any atom is 0.337 e. The number of carbonyl (C=O) groups is 1. The molecule has 0 saturated heterocycles. The minimum atomic E-state index is -3.63. The molecule has 31 heavy (non-hydrogen) atoms. The summed E-state index contributed by atoms with van der Waals surface area (Å²) in [7, 11) is -2.37. The molecule has 3 rings (SSSR count). The fraction of sp³-hybridized carbons (Fsp3) is 0.227. The third-order valence-corrected chi connectivity index (χ3v) is 6.30. The van der Waals surface area contributed by atoms with E-state index in [0.717, 1.165) is 22.0 Å². The number of nitrogens with one attached hydrogen (secondary N) is 1. The Morgan fingerprint density at radius 1 is 1.26 bits per heavy atom. The Hall–Kier alpha value is -3.48. The Labute approximate surface area is 180 Å². The number of nitriles is 1. The first-order chi connectivity index (χ1) is 14.8. The molecule has 1 aromatic heterocycles. The molecule has 0 amide bonds. The van der Waals surface area contributed by atoms with Crippen LogP contribution >= 0.6 is 0 Å². The van der Waals surface area contributed by atoms with Crippen LogP contribution in [0.5, 0.6) is 0 Å². The van der Waals surface area contributed by atoms with Crippen molar-refractivity contribution in [3.63, 3.8) is 0 Å². The van der Waals surface area contributed by atoms with E-state index in [4.69, 9.17) is 0 Å². The molecule has 0 aliphatic rings. The minimum absolute atomic E-state index is 0.0193. The van der Waals surface area contributed by atoms with E-state index in [1.807, 2.05) is 26.0 Å². The second-order valence-corrected chi connectivity index (χ2v) is 8.59. The number of carbonyl (C=O) groups excluding carboxylic acids is 1. The summed E-state index contributed by atoms with van der Waals surface area (Å²) in [5.74, 6) is -0.121. The summed E-state index contributed by atoms with van der Waals surface area (Å²) in [6.07, 6.45) is 0. The van der Waals surface area contributed by atoms with Crippen molar-refractivity contribution >= 4 is 32.7 Å². The van der Waals surface area contributed by atoms with E-state index in [2.05, 4.69) is 25.5 Å². The lowest BCUT2D eigenvalue weighted by molar-refractivity contribution is 0.0600. The van der Waals surface area contributed by atoms with Crippen LogP contribution in [0.25, 0.3) is 10.9 Å². The first kappa shape index (κ1) is 22.2. The van der Waals surface area contributed by atoms with Gasteiger partial charge in [-0.05, 0) is 55.3 Å². The van der Waals surface area contributed by atoms with Gasteiger partial charge in [0.2, 0.25) is 0 Å². The third kappa shape index (κ3) is 4.82. The lowest BCUT2D eigenvalue weighted by Crippen LogP contribution is -2.10. The Bertz CT molecular complexity index is 1300. The van der Waals surface area contributed by atoms with Gasteiger partial charge in [-0.3, -0.25) is 4.55 Å². The first-order valence-corrected chi connectivity index (χ1v) is 10.9. The Morgan fingerprint density at radius 3 is 2.61 bits per heavy atom. The van der Waals surface area contributed by atoms with E-state index in [1.165, 1.54) is 31.4 Å². The van der Waals surface area contributed by atoms with Crippen LogP contribution in [0, 0.1) is 25.2 Å². The molecule has 0 aliphatic carbocycles. The molecular formula is C22H22N4O4S. The van der Waals surface area contributed by atoms with Crippen LogP contribution < -0.4 is 5.32 Å². The number of methoxy groups -OCH3 is 1. The van der Waals surface area contributed by atoms with Gasteiger partial charge in [0.1, 0.15) is 11.9 Å². The van der Waals surface area contributed by atoms with Gasteiger partial charge in [0, 0.05) is 11.9 Å². The molecule has 0 bridgehead atoms. The number of nitrogens with zero attached hydrogens (tertiary/aromatic N) is 3. The predicted molar refractivity (Wildman–Crippen MR) is 119 cm³/mol. The standard InChI is InChI=1S/C22H22N4O4S/c1-14-4-5-17-12-18(13-23)21(26-20(17)15(14)2)24-10-11-25-31(28,29)19-8-6-16(7-9-19)22(27)30-3/h4-9,12H,10-11H2,1-3H3,(H,24,26)(H,25,28,29). The lowest BCUT2D eigenvalue weighted by atomic mass is 10.0. The smallest absolute Gasteiger partial charge is 0.337 e. The van der Waals surface area contributed by atoms with E-state index < -0.39 is 16.0 Å². The predicted octanol–water partition coefficient (Wildman–Crippen LogP) is 3.92. The molecule has 160 valence electrons. The highest BCUT2D eigenvalue weighted by atomic mass is 32.2. The zero-order valence-electron chi connectivity index (χ0n) is 17.4. The molecule has 2 N–H and O–H groups in total. The minimum Gasteiger partial charge on any atom is -0.465 e. The maximum atomic E-state index is 12.5. The van der Waals surface area contributed by atoms with Gasteiger partial charge in [0.05, 0.1) is 35.2 Å². The fourth-order valence-corrected chi connectivity index (χ4v) is 3.99. The SMILES string of the molecule is COC(=O)c1ccc(S(=O)(O)=NCCNc2nc3c(C)c(C)ccc3cc2C#N)cc1. The van der Waals surface area contributed by atoms with E-state index in [9.17, 15) is 18.8 Å². The Morgan fingerprint density at radius 2 is 1.97 bits per heavy atom. The number of fused-ring (bicyclic) bond motifs is 1. The van der Waals surface area contributed by atoms with Crippen LogP contribution in [0.3, 0.4) is 0 Å². The molecule has 0 spiro atoms. The number of esters is 1. The topological polar surface area (TPSA) is 125 Å². The summed E-state index contributed by atoms with van der Waals surface area (Å²) >= 11 is 0.